The quantitative estimate of drug-likeness (QED) is 0.617. The Morgan fingerprint density at radius 2 is 2.15 bits per heavy atom. The zero-order valence-corrected chi connectivity index (χ0v) is 8.62. The van der Waals surface area contributed by atoms with Gasteiger partial charge in [0.1, 0.15) is 0 Å². The fourth-order valence-corrected chi connectivity index (χ4v) is 1.26. The van der Waals surface area contributed by atoms with E-state index >= 15 is 0 Å². The van der Waals surface area contributed by atoms with E-state index in [0.29, 0.717) is 0 Å². The van der Waals surface area contributed by atoms with Crippen LogP contribution in [0.3, 0.4) is 0 Å². The highest BCUT2D eigenvalue weighted by molar-refractivity contribution is 5.79. The Morgan fingerprint density at radius 1 is 1.46 bits per heavy atom. The number of carboxylic acid groups (broad SMARTS) is 1. The van der Waals surface area contributed by atoms with Gasteiger partial charge in [-0.1, -0.05) is 39.2 Å². The lowest BCUT2D eigenvalue weighted by molar-refractivity contribution is -0.131. The van der Waals surface area contributed by atoms with Crippen LogP contribution in [0.15, 0.2) is 12.2 Å². The van der Waals surface area contributed by atoms with Gasteiger partial charge in [-0.05, 0) is 18.8 Å². The summed E-state index contributed by atoms with van der Waals surface area (Å²) in [5.41, 5.74) is 0. The first-order chi connectivity index (χ1) is 6.16. The average molecular weight is 184 g/mol. The van der Waals surface area contributed by atoms with Crippen molar-refractivity contribution in [1.82, 2.24) is 0 Å². The Morgan fingerprint density at radius 3 is 2.69 bits per heavy atom. The molecule has 0 aromatic rings. The molecule has 1 N–H and O–H groups in total. The first-order valence-electron chi connectivity index (χ1n) is 5.06. The maximum atomic E-state index is 10.1. The molecule has 0 heterocycles. The van der Waals surface area contributed by atoms with Gasteiger partial charge in [-0.25, -0.2) is 4.79 Å². The van der Waals surface area contributed by atoms with Gasteiger partial charge < -0.3 is 5.11 Å². The lowest BCUT2D eigenvalue weighted by Gasteiger charge is -2.07. The maximum absolute atomic E-state index is 10.1. The second-order valence-corrected chi connectivity index (χ2v) is 3.57. The largest absolute Gasteiger partial charge is 0.478 e. The van der Waals surface area contributed by atoms with Gasteiger partial charge in [0.2, 0.25) is 0 Å². The second-order valence-electron chi connectivity index (χ2n) is 3.57. The summed E-state index contributed by atoms with van der Waals surface area (Å²) < 4.78 is 0. The maximum Gasteiger partial charge on any atom is 0.327 e. The number of unbranched alkanes of at least 4 members (excludes halogenated alkanes) is 1. The Hall–Kier alpha value is -0.790. The molecule has 0 radical (unpaired) electrons. The summed E-state index contributed by atoms with van der Waals surface area (Å²) in [5, 5.41) is 8.33. The minimum atomic E-state index is -0.846. The van der Waals surface area contributed by atoms with Crippen LogP contribution in [0.2, 0.25) is 0 Å². The molecule has 0 spiro atoms. The Labute approximate surface area is 80.7 Å². The number of carbonyl (C=O) groups is 1. The first kappa shape index (κ1) is 12.2. The molecule has 1 unspecified atom stereocenters. The van der Waals surface area contributed by atoms with E-state index in [2.05, 4.69) is 13.8 Å². The third kappa shape index (κ3) is 9.12. The minimum Gasteiger partial charge on any atom is -0.478 e. The zero-order chi connectivity index (χ0) is 10.1. The van der Waals surface area contributed by atoms with E-state index in [9.17, 15) is 4.79 Å². The van der Waals surface area contributed by atoms with Crippen LogP contribution in [0.1, 0.15) is 46.0 Å². The van der Waals surface area contributed by atoms with Crippen LogP contribution in [0.5, 0.6) is 0 Å². The van der Waals surface area contributed by atoms with Gasteiger partial charge in [-0.15, -0.1) is 0 Å². The smallest absolute Gasteiger partial charge is 0.327 e. The molecule has 13 heavy (non-hydrogen) atoms. The Bertz CT molecular complexity index is 161. The summed E-state index contributed by atoms with van der Waals surface area (Å²) in [7, 11) is 0. The summed E-state index contributed by atoms with van der Waals surface area (Å²) in [4.78, 5) is 10.1. The number of allylic oxidation sites excluding steroid dienone is 1. The molecule has 0 aromatic carbocycles. The predicted molar refractivity (Wildman–Crippen MR) is 54.7 cm³/mol. The average Bonchev–Trinajstić information content (AvgIpc) is 2.08. The summed E-state index contributed by atoms with van der Waals surface area (Å²) in [6.45, 7) is 4.42. The lowest BCUT2D eigenvalue weighted by atomic mass is 9.99. The highest BCUT2D eigenvalue weighted by atomic mass is 16.4. The van der Waals surface area contributed by atoms with Gasteiger partial charge >= 0.3 is 5.97 Å². The highest BCUT2D eigenvalue weighted by Crippen LogP contribution is 2.13. The SMILES string of the molecule is CCCCC(C)CCC=CC(=O)O. The summed E-state index contributed by atoms with van der Waals surface area (Å²) in [6.07, 6.45) is 8.74. The molecule has 1 atom stereocenters. The highest BCUT2D eigenvalue weighted by Gasteiger charge is 1.99. The van der Waals surface area contributed by atoms with Gasteiger partial charge in [0.15, 0.2) is 0 Å². The number of hydrogen-bond acceptors (Lipinski definition) is 1. The van der Waals surface area contributed by atoms with E-state index in [-0.39, 0.29) is 0 Å². The summed E-state index contributed by atoms with van der Waals surface area (Å²) >= 11 is 0. The fourth-order valence-electron chi connectivity index (χ4n) is 1.26. The van der Waals surface area contributed by atoms with Crippen molar-refractivity contribution in [2.45, 2.75) is 46.0 Å². The van der Waals surface area contributed by atoms with Crippen molar-refractivity contribution in [2.24, 2.45) is 5.92 Å². The van der Waals surface area contributed by atoms with Gasteiger partial charge in [0, 0.05) is 6.08 Å². The fraction of sp³-hybridized carbons (Fsp3) is 0.727. The molecule has 0 saturated heterocycles. The normalized spacial score (nSPS) is 13.4. The Balaban J connectivity index is 3.36. The molecule has 2 nitrogen and oxygen atoms in total. The van der Waals surface area contributed by atoms with E-state index in [4.69, 9.17) is 5.11 Å². The van der Waals surface area contributed by atoms with Gasteiger partial charge in [0.25, 0.3) is 0 Å². The third-order valence-electron chi connectivity index (χ3n) is 2.14. The van der Waals surface area contributed by atoms with Crippen molar-refractivity contribution in [2.75, 3.05) is 0 Å². The molecule has 0 rings (SSSR count). The van der Waals surface area contributed by atoms with Crippen molar-refractivity contribution in [3.63, 3.8) is 0 Å². The number of rotatable bonds is 7. The van der Waals surface area contributed by atoms with E-state index in [1.54, 1.807) is 6.08 Å². The second kappa shape index (κ2) is 7.84. The topological polar surface area (TPSA) is 37.3 Å². The molecule has 0 aromatic heterocycles. The van der Waals surface area contributed by atoms with E-state index in [0.717, 1.165) is 18.8 Å². The van der Waals surface area contributed by atoms with E-state index in [1.165, 1.54) is 25.3 Å². The van der Waals surface area contributed by atoms with E-state index < -0.39 is 5.97 Å². The standard InChI is InChI=1S/C11H20O2/c1-3-4-7-10(2)8-5-6-9-11(12)13/h6,9-10H,3-5,7-8H2,1-2H3,(H,12,13). The van der Waals surface area contributed by atoms with Crippen LogP contribution in [0.4, 0.5) is 0 Å². The molecule has 76 valence electrons. The van der Waals surface area contributed by atoms with Crippen LogP contribution in [0, 0.1) is 5.92 Å². The number of carboxylic acids is 1. The van der Waals surface area contributed by atoms with E-state index in [1.807, 2.05) is 0 Å². The van der Waals surface area contributed by atoms with Gasteiger partial charge in [-0.3, -0.25) is 0 Å². The molecule has 0 aliphatic carbocycles. The van der Waals surface area contributed by atoms with Crippen molar-refractivity contribution in [3.05, 3.63) is 12.2 Å². The van der Waals surface area contributed by atoms with Crippen LogP contribution < -0.4 is 0 Å². The molecular formula is C11H20O2. The van der Waals surface area contributed by atoms with Crippen molar-refractivity contribution in [1.29, 1.82) is 0 Å². The van der Waals surface area contributed by atoms with Crippen LogP contribution in [-0.2, 0) is 4.79 Å². The molecular weight excluding hydrogens is 164 g/mol. The number of hydrogen-bond donors (Lipinski definition) is 1. The van der Waals surface area contributed by atoms with Crippen molar-refractivity contribution in [3.8, 4) is 0 Å². The molecule has 2 heteroatoms. The summed E-state index contributed by atoms with van der Waals surface area (Å²) in [6, 6.07) is 0. The predicted octanol–water partition coefficient (Wildman–Crippen LogP) is 3.23. The Kier molecular flexibility index (Phi) is 7.36. The zero-order valence-electron chi connectivity index (χ0n) is 8.62. The third-order valence-corrected chi connectivity index (χ3v) is 2.14. The molecule has 0 aliphatic rings. The number of aliphatic carboxylic acids is 1. The molecule has 0 fully saturated rings. The van der Waals surface area contributed by atoms with Crippen LogP contribution >= 0.6 is 0 Å². The van der Waals surface area contributed by atoms with Crippen LogP contribution in [-0.4, -0.2) is 11.1 Å². The van der Waals surface area contributed by atoms with Gasteiger partial charge in [-0.2, -0.15) is 0 Å². The molecule has 0 bridgehead atoms. The van der Waals surface area contributed by atoms with Crippen molar-refractivity contribution < 1.29 is 9.90 Å². The first-order valence-corrected chi connectivity index (χ1v) is 5.06. The monoisotopic (exact) mass is 184 g/mol. The molecule has 0 aliphatic heterocycles. The minimum absolute atomic E-state index is 0.721. The van der Waals surface area contributed by atoms with Crippen molar-refractivity contribution >= 4 is 5.97 Å². The molecule has 0 saturated carbocycles. The summed E-state index contributed by atoms with van der Waals surface area (Å²) in [5.74, 6) is -0.125. The van der Waals surface area contributed by atoms with Gasteiger partial charge in [0.05, 0.1) is 0 Å². The lowest BCUT2D eigenvalue weighted by Crippen LogP contribution is -1.93. The van der Waals surface area contributed by atoms with Crippen LogP contribution in [0.25, 0.3) is 0 Å². The molecule has 0 amide bonds.